The minimum atomic E-state index is 0. The molecule has 0 bridgehead atoms. The molecule has 1 aromatic carbocycles. The summed E-state index contributed by atoms with van der Waals surface area (Å²) >= 11 is 0. The third-order valence-electron chi connectivity index (χ3n) is 2.66. The second-order valence-corrected chi connectivity index (χ2v) is 4.64. The van der Waals surface area contributed by atoms with E-state index in [4.69, 9.17) is 5.73 Å². The van der Waals surface area contributed by atoms with Crippen LogP contribution in [0.4, 0.5) is 0 Å². The highest BCUT2D eigenvalue weighted by Crippen LogP contribution is 2.08. The predicted molar refractivity (Wildman–Crippen MR) is 97.1 cm³/mol. The summed E-state index contributed by atoms with van der Waals surface area (Å²) in [5.41, 5.74) is 8.80. The number of halogens is 1. The number of aliphatic imine (C=N–C) groups is 1. The van der Waals surface area contributed by atoms with Crippen molar-refractivity contribution in [2.45, 2.75) is 13.5 Å². The number of hydrogen-bond donors (Lipinski definition) is 2. The van der Waals surface area contributed by atoms with Gasteiger partial charge in [0.1, 0.15) is 0 Å². The maximum absolute atomic E-state index is 5.76. The molecule has 112 valence electrons. The average molecular weight is 397 g/mol. The zero-order chi connectivity index (χ0) is 14.4. The van der Waals surface area contributed by atoms with Crippen molar-refractivity contribution < 1.29 is 0 Å². The molecule has 3 N–H and O–H groups in total. The topological polar surface area (TPSA) is 68.2 Å². The molecule has 0 amide bonds. The molecule has 0 spiro atoms. The first-order valence-corrected chi connectivity index (χ1v) is 6.42. The van der Waals surface area contributed by atoms with Crippen molar-refractivity contribution in [2.75, 3.05) is 6.54 Å². The summed E-state index contributed by atoms with van der Waals surface area (Å²) in [5, 5.41) is 7.30. The standard InChI is InChI=1S/C15H19N5.HI/c1-12(2)8-17-15(16)18-9-13-10-19-20(11-13)14-6-4-3-5-7-14;/h3-7,10-11H,1,8-9H2,2H3,(H3,16,17,18);1H. The van der Waals surface area contributed by atoms with Crippen molar-refractivity contribution in [1.29, 1.82) is 0 Å². The number of rotatable bonds is 5. The third-order valence-corrected chi connectivity index (χ3v) is 2.66. The lowest BCUT2D eigenvalue weighted by atomic mass is 10.3. The van der Waals surface area contributed by atoms with Gasteiger partial charge in [-0.1, -0.05) is 30.4 Å². The zero-order valence-corrected chi connectivity index (χ0v) is 14.3. The molecule has 0 fully saturated rings. The van der Waals surface area contributed by atoms with Gasteiger partial charge in [0, 0.05) is 18.3 Å². The molecule has 1 aromatic heterocycles. The van der Waals surface area contributed by atoms with Crippen LogP contribution in [0, 0.1) is 0 Å². The normalized spacial score (nSPS) is 10.8. The monoisotopic (exact) mass is 397 g/mol. The van der Waals surface area contributed by atoms with E-state index in [0.717, 1.165) is 16.8 Å². The summed E-state index contributed by atoms with van der Waals surface area (Å²) < 4.78 is 1.82. The van der Waals surface area contributed by atoms with Crippen LogP contribution in [0.25, 0.3) is 5.69 Å². The van der Waals surface area contributed by atoms with Gasteiger partial charge in [-0.25, -0.2) is 9.67 Å². The largest absolute Gasteiger partial charge is 0.370 e. The zero-order valence-electron chi connectivity index (χ0n) is 12.0. The van der Waals surface area contributed by atoms with E-state index >= 15 is 0 Å². The molecule has 0 aliphatic carbocycles. The van der Waals surface area contributed by atoms with E-state index in [0.29, 0.717) is 19.0 Å². The van der Waals surface area contributed by atoms with E-state index in [1.54, 1.807) is 6.20 Å². The molecule has 0 atom stereocenters. The maximum atomic E-state index is 5.76. The highest BCUT2D eigenvalue weighted by Gasteiger charge is 2.00. The molecular formula is C15H20IN5. The number of nitrogens with one attached hydrogen (secondary N) is 1. The minimum absolute atomic E-state index is 0. The van der Waals surface area contributed by atoms with Gasteiger partial charge in [-0.3, -0.25) is 0 Å². The maximum Gasteiger partial charge on any atom is 0.189 e. The van der Waals surface area contributed by atoms with Crippen molar-refractivity contribution in [1.82, 2.24) is 15.1 Å². The Kier molecular flexibility index (Phi) is 6.93. The van der Waals surface area contributed by atoms with Crippen LogP contribution in [-0.2, 0) is 6.54 Å². The van der Waals surface area contributed by atoms with Gasteiger partial charge in [0.15, 0.2) is 5.96 Å². The summed E-state index contributed by atoms with van der Waals surface area (Å²) in [7, 11) is 0. The van der Waals surface area contributed by atoms with Gasteiger partial charge >= 0.3 is 0 Å². The summed E-state index contributed by atoms with van der Waals surface area (Å²) in [6.07, 6.45) is 3.74. The molecule has 0 aliphatic heterocycles. The molecule has 2 aromatic rings. The van der Waals surface area contributed by atoms with Crippen LogP contribution in [0.5, 0.6) is 0 Å². The van der Waals surface area contributed by atoms with E-state index in [9.17, 15) is 0 Å². The Labute approximate surface area is 142 Å². The van der Waals surface area contributed by atoms with E-state index < -0.39 is 0 Å². The smallest absolute Gasteiger partial charge is 0.189 e. The van der Waals surface area contributed by atoms with Crippen LogP contribution in [0.2, 0.25) is 0 Å². The van der Waals surface area contributed by atoms with E-state index in [1.807, 2.05) is 48.1 Å². The van der Waals surface area contributed by atoms with E-state index in [-0.39, 0.29) is 24.0 Å². The molecular weight excluding hydrogens is 377 g/mol. The van der Waals surface area contributed by atoms with Crippen molar-refractivity contribution in [3.63, 3.8) is 0 Å². The Morgan fingerprint density at radius 1 is 1.38 bits per heavy atom. The Bertz CT molecular complexity index is 604. The van der Waals surface area contributed by atoms with Crippen LogP contribution < -0.4 is 11.1 Å². The van der Waals surface area contributed by atoms with Crippen molar-refractivity contribution in [3.8, 4) is 5.69 Å². The van der Waals surface area contributed by atoms with Crippen LogP contribution >= 0.6 is 24.0 Å². The molecule has 5 nitrogen and oxygen atoms in total. The van der Waals surface area contributed by atoms with E-state index in [1.165, 1.54) is 0 Å². The summed E-state index contributed by atoms with van der Waals surface area (Å²) in [6.45, 7) is 6.87. The lowest BCUT2D eigenvalue weighted by Crippen LogP contribution is -2.32. The first-order valence-electron chi connectivity index (χ1n) is 6.42. The van der Waals surface area contributed by atoms with Gasteiger partial charge in [0.05, 0.1) is 18.4 Å². The lowest BCUT2D eigenvalue weighted by molar-refractivity contribution is 0.879. The second kappa shape index (κ2) is 8.46. The Morgan fingerprint density at radius 3 is 2.76 bits per heavy atom. The summed E-state index contributed by atoms with van der Waals surface area (Å²) in [6, 6.07) is 9.94. The van der Waals surface area contributed by atoms with Crippen LogP contribution in [0.1, 0.15) is 12.5 Å². The van der Waals surface area contributed by atoms with Crippen LogP contribution in [0.15, 0.2) is 59.9 Å². The fourth-order valence-electron chi connectivity index (χ4n) is 1.64. The predicted octanol–water partition coefficient (Wildman–Crippen LogP) is 2.47. The number of hydrogen-bond acceptors (Lipinski definition) is 2. The van der Waals surface area contributed by atoms with Gasteiger partial charge in [0.25, 0.3) is 0 Å². The fraction of sp³-hybridized carbons (Fsp3) is 0.200. The fourth-order valence-corrected chi connectivity index (χ4v) is 1.64. The van der Waals surface area contributed by atoms with Crippen LogP contribution in [0.3, 0.4) is 0 Å². The summed E-state index contributed by atoms with van der Waals surface area (Å²) in [5.74, 6) is 0.417. The Balaban J connectivity index is 0.00000220. The van der Waals surface area contributed by atoms with Gasteiger partial charge in [-0.15, -0.1) is 24.0 Å². The third kappa shape index (κ3) is 5.58. The Hall–Kier alpha value is -1.83. The molecule has 0 saturated heterocycles. The first kappa shape index (κ1) is 17.2. The number of nitrogens with zero attached hydrogens (tertiary/aromatic N) is 3. The molecule has 21 heavy (non-hydrogen) atoms. The highest BCUT2D eigenvalue weighted by molar-refractivity contribution is 14.0. The van der Waals surface area contributed by atoms with Crippen molar-refractivity contribution in [3.05, 3.63) is 60.4 Å². The second-order valence-electron chi connectivity index (χ2n) is 4.64. The quantitative estimate of drug-likeness (QED) is 0.353. The Morgan fingerprint density at radius 2 is 2.10 bits per heavy atom. The van der Waals surface area contributed by atoms with Crippen molar-refractivity contribution >= 4 is 29.9 Å². The number of benzene rings is 1. The number of guanidine groups is 1. The molecule has 1 heterocycles. The number of aromatic nitrogens is 2. The van der Waals surface area contributed by atoms with Crippen molar-refractivity contribution in [2.24, 2.45) is 10.7 Å². The molecule has 6 heteroatoms. The van der Waals surface area contributed by atoms with E-state index in [2.05, 4.69) is 22.0 Å². The molecule has 0 aliphatic rings. The lowest BCUT2D eigenvalue weighted by Gasteiger charge is -2.03. The highest BCUT2D eigenvalue weighted by atomic mass is 127. The number of para-hydroxylation sites is 1. The first-order chi connectivity index (χ1) is 9.65. The molecule has 0 saturated carbocycles. The van der Waals surface area contributed by atoms with Gasteiger partial charge in [0.2, 0.25) is 0 Å². The molecule has 0 radical (unpaired) electrons. The van der Waals surface area contributed by atoms with Crippen LogP contribution in [-0.4, -0.2) is 22.3 Å². The van der Waals surface area contributed by atoms with Gasteiger partial charge in [-0.2, -0.15) is 5.10 Å². The number of nitrogens with two attached hydrogens (primary N) is 1. The summed E-state index contributed by atoms with van der Waals surface area (Å²) in [4.78, 5) is 4.26. The van der Waals surface area contributed by atoms with Gasteiger partial charge in [-0.05, 0) is 19.1 Å². The molecule has 2 rings (SSSR count). The molecule has 0 unspecified atom stereocenters. The van der Waals surface area contributed by atoms with Gasteiger partial charge < -0.3 is 11.1 Å². The SMILES string of the molecule is C=C(C)CNC(N)=NCc1cnn(-c2ccccc2)c1.I. The minimum Gasteiger partial charge on any atom is -0.370 e. The average Bonchev–Trinajstić information content (AvgIpc) is 2.93.